The van der Waals surface area contributed by atoms with E-state index in [9.17, 15) is 9.59 Å². The van der Waals surface area contributed by atoms with Gasteiger partial charge in [-0.15, -0.1) is 5.10 Å². The first-order chi connectivity index (χ1) is 9.19. The largest absolute Gasteiger partial charge is 0.364 e. The molecule has 0 aliphatic carbocycles. The lowest BCUT2D eigenvalue weighted by Gasteiger charge is -2.02. The van der Waals surface area contributed by atoms with Gasteiger partial charge in [0.2, 0.25) is 0 Å². The lowest BCUT2D eigenvalue weighted by molar-refractivity contribution is 0.0869. The highest BCUT2D eigenvalue weighted by Crippen LogP contribution is 2.02. The van der Waals surface area contributed by atoms with Crippen LogP contribution in [0.2, 0.25) is 0 Å². The Labute approximate surface area is 106 Å². The standard InChI is InChI=1S/C9H12N6O4/c1-18-4-11-8(16)6-7-12-13-15(5-19-2)9(17)14(7)3-10-6/h3H,4-5H2,1-2H3,(H,11,16). The molecule has 10 heteroatoms. The van der Waals surface area contributed by atoms with Crippen LogP contribution in [-0.4, -0.2) is 51.2 Å². The van der Waals surface area contributed by atoms with Crippen LogP contribution in [0.15, 0.2) is 11.1 Å². The molecule has 0 bridgehead atoms. The Kier molecular flexibility index (Phi) is 3.82. The monoisotopic (exact) mass is 268 g/mol. The number of carbonyl (C=O) groups excluding carboxylic acids is 1. The number of fused-ring (bicyclic) bond motifs is 1. The van der Waals surface area contributed by atoms with Crippen LogP contribution < -0.4 is 11.0 Å². The quantitative estimate of drug-likeness (QED) is 0.638. The van der Waals surface area contributed by atoms with Crippen molar-refractivity contribution in [1.82, 2.24) is 29.7 Å². The fourth-order valence-electron chi connectivity index (χ4n) is 1.42. The second-order valence-electron chi connectivity index (χ2n) is 3.52. The summed E-state index contributed by atoms with van der Waals surface area (Å²) in [5, 5.41) is 9.88. The van der Waals surface area contributed by atoms with E-state index in [0.29, 0.717) is 0 Å². The molecule has 0 radical (unpaired) electrons. The van der Waals surface area contributed by atoms with Gasteiger partial charge in [-0.25, -0.2) is 14.2 Å². The fourth-order valence-corrected chi connectivity index (χ4v) is 1.42. The van der Waals surface area contributed by atoms with Crippen molar-refractivity contribution < 1.29 is 14.3 Å². The van der Waals surface area contributed by atoms with Gasteiger partial charge in [0.1, 0.15) is 19.8 Å². The summed E-state index contributed by atoms with van der Waals surface area (Å²) in [5.41, 5.74) is -0.415. The Morgan fingerprint density at radius 2 is 2.21 bits per heavy atom. The molecule has 2 rings (SSSR count). The van der Waals surface area contributed by atoms with Crippen molar-refractivity contribution in [3.63, 3.8) is 0 Å². The van der Waals surface area contributed by atoms with Crippen molar-refractivity contribution in [2.24, 2.45) is 0 Å². The van der Waals surface area contributed by atoms with Crippen LogP contribution in [0.3, 0.4) is 0 Å². The molecule has 19 heavy (non-hydrogen) atoms. The zero-order valence-electron chi connectivity index (χ0n) is 10.4. The summed E-state index contributed by atoms with van der Waals surface area (Å²) in [6.07, 6.45) is 1.21. The summed E-state index contributed by atoms with van der Waals surface area (Å²) in [7, 11) is 2.87. The maximum Gasteiger partial charge on any atom is 0.355 e. The number of nitrogens with zero attached hydrogens (tertiary/aromatic N) is 5. The Morgan fingerprint density at radius 3 is 2.89 bits per heavy atom. The molecule has 0 atom stereocenters. The molecule has 0 saturated carbocycles. The van der Waals surface area contributed by atoms with Gasteiger partial charge in [-0.2, -0.15) is 4.68 Å². The van der Waals surface area contributed by atoms with E-state index in [1.54, 1.807) is 0 Å². The number of hydrogen-bond donors (Lipinski definition) is 1. The maximum atomic E-state index is 11.9. The molecule has 1 amide bonds. The van der Waals surface area contributed by atoms with Gasteiger partial charge in [-0.1, -0.05) is 5.21 Å². The molecule has 10 nitrogen and oxygen atoms in total. The zero-order valence-corrected chi connectivity index (χ0v) is 10.4. The number of nitrogens with one attached hydrogen (secondary N) is 1. The zero-order chi connectivity index (χ0) is 13.8. The van der Waals surface area contributed by atoms with Crippen molar-refractivity contribution in [3.8, 4) is 0 Å². The van der Waals surface area contributed by atoms with Gasteiger partial charge in [0.25, 0.3) is 5.91 Å². The van der Waals surface area contributed by atoms with Crippen molar-refractivity contribution >= 4 is 11.6 Å². The van der Waals surface area contributed by atoms with E-state index in [1.165, 1.54) is 20.5 Å². The van der Waals surface area contributed by atoms with Gasteiger partial charge in [-0.05, 0) is 0 Å². The molecule has 0 fully saturated rings. The van der Waals surface area contributed by atoms with Crippen LogP contribution in [0.1, 0.15) is 10.5 Å². The van der Waals surface area contributed by atoms with Crippen molar-refractivity contribution in [3.05, 3.63) is 22.5 Å². The van der Waals surface area contributed by atoms with Gasteiger partial charge in [0.15, 0.2) is 11.3 Å². The molecule has 2 heterocycles. The highest BCUT2D eigenvalue weighted by Gasteiger charge is 2.17. The summed E-state index contributed by atoms with van der Waals surface area (Å²) in [6, 6.07) is 0. The molecule has 0 aliphatic rings. The third kappa shape index (κ3) is 2.44. The number of rotatable bonds is 5. The van der Waals surface area contributed by atoms with Crippen LogP contribution in [0.4, 0.5) is 0 Å². The number of imidazole rings is 1. The van der Waals surface area contributed by atoms with Crippen LogP contribution in [0, 0.1) is 0 Å². The number of hydrogen-bond acceptors (Lipinski definition) is 7. The number of ether oxygens (including phenoxy) is 2. The molecule has 0 aliphatic heterocycles. The first-order valence-corrected chi connectivity index (χ1v) is 5.26. The molecule has 102 valence electrons. The smallest absolute Gasteiger partial charge is 0.355 e. The van der Waals surface area contributed by atoms with Gasteiger partial charge < -0.3 is 14.8 Å². The second kappa shape index (κ2) is 5.54. The van der Waals surface area contributed by atoms with E-state index >= 15 is 0 Å². The van der Waals surface area contributed by atoms with E-state index in [0.717, 1.165) is 9.08 Å². The van der Waals surface area contributed by atoms with Crippen LogP contribution in [-0.2, 0) is 16.2 Å². The number of methoxy groups -OCH3 is 2. The highest BCUT2D eigenvalue weighted by molar-refractivity contribution is 5.97. The van der Waals surface area contributed by atoms with Crippen LogP contribution in [0.25, 0.3) is 5.65 Å². The highest BCUT2D eigenvalue weighted by atomic mass is 16.5. The molecule has 2 aromatic rings. The van der Waals surface area contributed by atoms with Gasteiger partial charge in [0.05, 0.1) is 0 Å². The SMILES string of the molecule is COCNC(=O)c1ncn2c(=O)n(COC)nnc12. The minimum absolute atomic E-state index is 0.00576. The third-order valence-electron chi connectivity index (χ3n) is 2.26. The van der Waals surface area contributed by atoms with Crippen molar-refractivity contribution in [2.45, 2.75) is 6.73 Å². The van der Waals surface area contributed by atoms with E-state index in [4.69, 9.17) is 9.47 Å². The molecule has 0 spiro atoms. The predicted octanol–water partition coefficient (Wildman–Crippen LogP) is -1.78. The minimum atomic E-state index is -0.498. The van der Waals surface area contributed by atoms with E-state index in [1.807, 2.05) is 0 Å². The van der Waals surface area contributed by atoms with Gasteiger partial charge in [-0.3, -0.25) is 4.79 Å². The third-order valence-corrected chi connectivity index (χ3v) is 2.26. The van der Waals surface area contributed by atoms with Crippen molar-refractivity contribution in [1.29, 1.82) is 0 Å². The molecule has 0 saturated heterocycles. The summed E-state index contributed by atoms with van der Waals surface area (Å²) in [6.45, 7) is -0.00280. The second-order valence-corrected chi connectivity index (χ2v) is 3.52. The Hall–Kier alpha value is -2.33. The van der Waals surface area contributed by atoms with Crippen LogP contribution in [0.5, 0.6) is 0 Å². The molecule has 1 N–H and O–H groups in total. The summed E-state index contributed by atoms with van der Waals surface area (Å²) >= 11 is 0. The average molecular weight is 268 g/mol. The fraction of sp³-hybridized carbons (Fsp3) is 0.444. The molecule has 0 unspecified atom stereocenters. The minimum Gasteiger partial charge on any atom is -0.364 e. The normalized spacial score (nSPS) is 10.8. The Bertz CT molecular complexity index is 648. The topological polar surface area (TPSA) is 113 Å². The summed E-state index contributed by atoms with van der Waals surface area (Å²) in [5.74, 6) is -0.498. The molecular weight excluding hydrogens is 256 g/mol. The van der Waals surface area contributed by atoms with Gasteiger partial charge in [0, 0.05) is 14.2 Å². The average Bonchev–Trinajstić information content (AvgIpc) is 2.84. The molecule has 0 aromatic carbocycles. The van der Waals surface area contributed by atoms with E-state index in [2.05, 4.69) is 20.6 Å². The summed E-state index contributed by atoms with van der Waals surface area (Å²) in [4.78, 5) is 27.5. The number of aromatic nitrogens is 5. The molecule has 2 aromatic heterocycles. The molecular formula is C9H12N6O4. The maximum absolute atomic E-state index is 11.9. The number of amides is 1. The first-order valence-electron chi connectivity index (χ1n) is 5.26. The van der Waals surface area contributed by atoms with Crippen molar-refractivity contribution in [2.75, 3.05) is 21.0 Å². The first kappa shape index (κ1) is 13.1. The predicted molar refractivity (Wildman–Crippen MR) is 61.4 cm³/mol. The van der Waals surface area contributed by atoms with Crippen LogP contribution >= 0.6 is 0 Å². The lowest BCUT2D eigenvalue weighted by atomic mass is 10.4. The Morgan fingerprint density at radius 1 is 1.42 bits per heavy atom. The Balaban J connectivity index is 2.42. The summed E-state index contributed by atoms with van der Waals surface area (Å²) < 4.78 is 11.6. The van der Waals surface area contributed by atoms with E-state index in [-0.39, 0.29) is 24.8 Å². The van der Waals surface area contributed by atoms with Gasteiger partial charge >= 0.3 is 5.69 Å². The van der Waals surface area contributed by atoms with E-state index < -0.39 is 11.6 Å². The number of carbonyl (C=O) groups is 1. The lowest BCUT2D eigenvalue weighted by Crippen LogP contribution is -2.31.